The van der Waals surface area contributed by atoms with Crippen molar-refractivity contribution in [2.75, 3.05) is 5.32 Å². The van der Waals surface area contributed by atoms with Crippen molar-refractivity contribution < 1.29 is 13.6 Å². The first kappa shape index (κ1) is 14.8. The highest BCUT2D eigenvalue weighted by Gasteiger charge is 2.42. The molecule has 0 bridgehead atoms. The molecular weight excluding hydrogens is 310 g/mol. The number of benzene rings is 2. The molecule has 2 amide bonds. The van der Waals surface area contributed by atoms with Crippen molar-refractivity contribution in [3.8, 4) is 0 Å². The summed E-state index contributed by atoms with van der Waals surface area (Å²) in [6.07, 6.45) is 0.515. The van der Waals surface area contributed by atoms with E-state index in [0.29, 0.717) is 17.1 Å². The fourth-order valence-electron chi connectivity index (χ4n) is 2.44. The van der Waals surface area contributed by atoms with Gasteiger partial charge in [-0.3, -0.25) is 0 Å². The van der Waals surface area contributed by atoms with Crippen LogP contribution in [0.25, 0.3) is 0 Å². The van der Waals surface area contributed by atoms with Gasteiger partial charge in [0, 0.05) is 28.2 Å². The standard InChI is InChI=1S/C16H13ClF2N2O/c17-9-3-1-4-10(7-9)20-16(22)21-14-8-11(14)15-12(18)5-2-6-13(15)19/h1-7,11,14H,8H2,(H2,20,21,22). The summed E-state index contributed by atoms with van der Waals surface area (Å²) in [6.45, 7) is 0. The molecule has 1 aliphatic rings. The SMILES string of the molecule is O=C(Nc1cccc(Cl)c1)NC1CC1c1c(F)cccc1F. The molecule has 0 saturated heterocycles. The monoisotopic (exact) mass is 322 g/mol. The fraction of sp³-hybridized carbons (Fsp3) is 0.188. The molecule has 2 unspecified atom stereocenters. The Morgan fingerprint density at radius 3 is 2.50 bits per heavy atom. The Kier molecular flexibility index (Phi) is 3.98. The van der Waals surface area contributed by atoms with Crippen molar-refractivity contribution in [2.24, 2.45) is 0 Å². The van der Waals surface area contributed by atoms with Gasteiger partial charge in [-0.15, -0.1) is 0 Å². The van der Waals surface area contributed by atoms with E-state index in [1.165, 1.54) is 18.2 Å². The minimum atomic E-state index is -0.579. The Morgan fingerprint density at radius 1 is 1.14 bits per heavy atom. The van der Waals surface area contributed by atoms with Gasteiger partial charge in [0.05, 0.1) is 0 Å². The van der Waals surface area contributed by atoms with Gasteiger partial charge in [0.1, 0.15) is 11.6 Å². The van der Waals surface area contributed by atoms with Gasteiger partial charge in [-0.25, -0.2) is 13.6 Å². The van der Waals surface area contributed by atoms with E-state index in [1.807, 2.05) is 0 Å². The molecular formula is C16H13ClF2N2O. The number of anilines is 1. The average Bonchev–Trinajstić information content (AvgIpc) is 3.17. The molecule has 3 rings (SSSR count). The van der Waals surface area contributed by atoms with Gasteiger partial charge in [-0.05, 0) is 36.8 Å². The van der Waals surface area contributed by atoms with Gasteiger partial charge in [0.2, 0.25) is 0 Å². The lowest BCUT2D eigenvalue weighted by molar-refractivity contribution is 0.251. The molecule has 6 heteroatoms. The molecule has 0 radical (unpaired) electrons. The Morgan fingerprint density at radius 2 is 1.82 bits per heavy atom. The number of carbonyl (C=O) groups is 1. The van der Waals surface area contributed by atoms with E-state index in [2.05, 4.69) is 10.6 Å². The number of nitrogens with one attached hydrogen (secondary N) is 2. The summed E-state index contributed by atoms with van der Waals surface area (Å²) >= 11 is 5.83. The van der Waals surface area contributed by atoms with Crippen LogP contribution in [0.15, 0.2) is 42.5 Å². The molecule has 1 fully saturated rings. The van der Waals surface area contributed by atoms with Crippen LogP contribution >= 0.6 is 11.6 Å². The number of carbonyl (C=O) groups excluding carboxylic acids is 1. The van der Waals surface area contributed by atoms with Crippen LogP contribution in [0.1, 0.15) is 17.9 Å². The summed E-state index contributed by atoms with van der Waals surface area (Å²) < 4.78 is 27.3. The zero-order valence-electron chi connectivity index (χ0n) is 11.4. The van der Waals surface area contributed by atoms with E-state index in [9.17, 15) is 13.6 Å². The lowest BCUT2D eigenvalue weighted by atomic mass is 10.1. The molecule has 2 aromatic carbocycles. The fourth-order valence-corrected chi connectivity index (χ4v) is 2.63. The minimum Gasteiger partial charge on any atom is -0.334 e. The Bertz CT molecular complexity index is 703. The van der Waals surface area contributed by atoms with E-state index >= 15 is 0 Å². The molecule has 114 valence electrons. The molecule has 3 nitrogen and oxygen atoms in total. The third-order valence-electron chi connectivity index (χ3n) is 3.56. The summed E-state index contributed by atoms with van der Waals surface area (Å²) in [5, 5.41) is 5.84. The minimum absolute atomic E-state index is 0.0376. The van der Waals surface area contributed by atoms with Crippen LogP contribution in [0.2, 0.25) is 5.02 Å². The van der Waals surface area contributed by atoms with Crippen molar-refractivity contribution in [3.63, 3.8) is 0 Å². The molecule has 0 heterocycles. The predicted molar refractivity (Wildman–Crippen MR) is 81.1 cm³/mol. The summed E-state index contributed by atoms with van der Waals surface area (Å²) in [6, 6.07) is 9.80. The second kappa shape index (κ2) is 5.93. The van der Waals surface area contributed by atoms with Crippen LogP contribution in [0.5, 0.6) is 0 Å². The molecule has 0 aromatic heterocycles. The van der Waals surface area contributed by atoms with Gasteiger partial charge in [-0.2, -0.15) is 0 Å². The smallest absolute Gasteiger partial charge is 0.319 e. The van der Waals surface area contributed by atoms with Crippen LogP contribution in [-0.4, -0.2) is 12.1 Å². The van der Waals surface area contributed by atoms with Crippen LogP contribution in [0, 0.1) is 11.6 Å². The molecule has 2 aromatic rings. The van der Waals surface area contributed by atoms with Gasteiger partial charge in [0.15, 0.2) is 0 Å². The van der Waals surface area contributed by atoms with Crippen molar-refractivity contribution in [2.45, 2.75) is 18.4 Å². The molecule has 22 heavy (non-hydrogen) atoms. The first-order valence-electron chi connectivity index (χ1n) is 6.81. The zero-order valence-corrected chi connectivity index (χ0v) is 12.2. The average molecular weight is 323 g/mol. The maximum atomic E-state index is 13.7. The highest BCUT2D eigenvalue weighted by Crippen LogP contribution is 2.43. The first-order valence-corrected chi connectivity index (χ1v) is 7.19. The van der Waals surface area contributed by atoms with Crippen LogP contribution in [0.4, 0.5) is 19.3 Å². The molecule has 1 saturated carbocycles. The van der Waals surface area contributed by atoms with Crippen LogP contribution < -0.4 is 10.6 Å². The van der Waals surface area contributed by atoms with Gasteiger partial charge >= 0.3 is 6.03 Å². The topological polar surface area (TPSA) is 41.1 Å². The Hall–Kier alpha value is -2.14. The third-order valence-corrected chi connectivity index (χ3v) is 3.80. The molecule has 1 aliphatic carbocycles. The van der Waals surface area contributed by atoms with Gasteiger partial charge < -0.3 is 10.6 Å². The molecule has 2 N–H and O–H groups in total. The zero-order chi connectivity index (χ0) is 15.7. The highest BCUT2D eigenvalue weighted by atomic mass is 35.5. The number of amides is 2. The van der Waals surface area contributed by atoms with Gasteiger partial charge in [0.25, 0.3) is 0 Å². The summed E-state index contributed by atoms with van der Waals surface area (Å²) in [4.78, 5) is 11.9. The number of halogens is 3. The quantitative estimate of drug-likeness (QED) is 0.869. The van der Waals surface area contributed by atoms with Crippen molar-refractivity contribution in [1.82, 2.24) is 5.32 Å². The summed E-state index contributed by atoms with van der Waals surface area (Å²) in [5.74, 6) is -1.49. The molecule has 0 spiro atoms. The van der Waals surface area contributed by atoms with Crippen LogP contribution in [-0.2, 0) is 0 Å². The molecule has 2 atom stereocenters. The van der Waals surface area contributed by atoms with Crippen molar-refractivity contribution in [3.05, 3.63) is 64.7 Å². The van der Waals surface area contributed by atoms with Crippen LogP contribution in [0.3, 0.4) is 0 Å². The van der Waals surface area contributed by atoms with Crippen molar-refractivity contribution in [1.29, 1.82) is 0 Å². The maximum absolute atomic E-state index is 13.7. The van der Waals surface area contributed by atoms with E-state index in [-0.39, 0.29) is 17.5 Å². The normalized spacial score (nSPS) is 19.6. The lowest BCUT2D eigenvalue weighted by Gasteiger charge is -2.08. The number of hydrogen-bond acceptors (Lipinski definition) is 1. The Balaban J connectivity index is 1.60. The first-order chi connectivity index (χ1) is 10.5. The van der Waals surface area contributed by atoms with E-state index in [4.69, 9.17) is 11.6 Å². The van der Waals surface area contributed by atoms with Gasteiger partial charge in [-0.1, -0.05) is 23.7 Å². The largest absolute Gasteiger partial charge is 0.334 e. The van der Waals surface area contributed by atoms with E-state index in [1.54, 1.807) is 24.3 Å². The van der Waals surface area contributed by atoms with Crippen molar-refractivity contribution >= 4 is 23.3 Å². The molecule has 0 aliphatic heterocycles. The second-order valence-corrected chi connectivity index (χ2v) is 5.63. The summed E-state index contributed by atoms with van der Waals surface area (Å²) in [7, 11) is 0. The number of rotatable bonds is 3. The highest BCUT2D eigenvalue weighted by molar-refractivity contribution is 6.30. The second-order valence-electron chi connectivity index (χ2n) is 5.19. The predicted octanol–water partition coefficient (Wildman–Crippen LogP) is 4.30. The number of urea groups is 1. The lowest BCUT2D eigenvalue weighted by Crippen LogP contribution is -2.31. The number of hydrogen-bond donors (Lipinski definition) is 2. The van der Waals surface area contributed by atoms with E-state index < -0.39 is 17.7 Å². The summed E-state index contributed by atoms with van der Waals surface area (Å²) in [5.41, 5.74) is 0.592. The van der Waals surface area contributed by atoms with E-state index in [0.717, 1.165) is 0 Å². The Labute approximate surface area is 131 Å². The maximum Gasteiger partial charge on any atom is 0.319 e. The third kappa shape index (κ3) is 3.20.